The van der Waals surface area contributed by atoms with E-state index in [1.165, 1.54) is 17.4 Å². The number of fused-ring (bicyclic) bond motifs is 1. The molecule has 7 heteroatoms. The molecule has 0 saturated carbocycles. The highest BCUT2D eigenvalue weighted by Gasteiger charge is 2.17. The Bertz CT molecular complexity index is 865. The van der Waals surface area contributed by atoms with E-state index in [1.807, 2.05) is 17.5 Å². The summed E-state index contributed by atoms with van der Waals surface area (Å²) in [5.41, 5.74) is 11.5. The molecule has 0 radical (unpaired) electrons. The first-order chi connectivity index (χ1) is 9.60. The molecule has 20 heavy (non-hydrogen) atoms. The fourth-order valence-electron chi connectivity index (χ4n) is 1.96. The number of hydrogen-bond donors (Lipinski definition) is 2. The van der Waals surface area contributed by atoms with Crippen LogP contribution in [0, 0.1) is 17.1 Å². The fourth-order valence-corrected chi connectivity index (χ4v) is 2.77. The van der Waals surface area contributed by atoms with E-state index in [0.29, 0.717) is 0 Å². The van der Waals surface area contributed by atoms with Crippen molar-refractivity contribution in [1.82, 2.24) is 9.97 Å². The van der Waals surface area contributed by atoms with Gasteiger partial charge in [-0.3, -0.25) is 0 Å². The molecule has 3 rings (SSSR count). The molecule has 2 aromatic heterocycles. The molecule has 0 amide bonds. The standard InChI is InChI=1S/C13H8FN5S/c14-9-3-6-1-2-20-10(6)4-7(9)11-8(5-15)12(16)19-13(17)18-11/h1-4H,(H4,16,17,18,19). The first-order valence-corrected chi connectivity index (χ1v) is 6.48. The summed E-state index contributed by atoms with van der Waals surface area (Å²) in [4.78, 5) is 7.67. The van der Waals surface area contributed by atoms with Crippen molar-refractivity contribution >= 4 is 33.2 Å². The molecular formula is C13H8FN5S. The summed E-state index contributed by atoms with van der Waals surface area (Å²) in [5.74, 6) is -0.632. The summed E-state index contributed by atoms with van der Waals surface area (Å²) < 4.78 is 15.1. The van der Waals surface area contributed by atoms with Gasteiger partial charge in [0.05, 0.1) is 5.69 Å². The number of rotatable bonds is 1. The summed E-state index contributed by atoms with van der Waals surface area (Å²) in [5, 5.41) is 11.8. The van der Waals surface area contributed by atoms with Crippen LogP contribution in [0.5, 0.6) is 0 Å². The number of nitriles is 1. The third-order valence-electron chi connectivity index (χ3n) is 2.86. The molecule has 0 unspecified atom stereocenters. The van der Waals surface area contributed by atoms with Gasteiger partial charge in [-0.1, -0.05) is 0 Å². The minimum Gasteiger partial charge on any atom is -0.382 e. The average Bonchev–Trinajstić information content (AvgIpc) is 2.84. The third kappa shape index (κ3) is 1.83. The minimum absolute atomic E-state index is 0.0222. The van der Waals surface area contributed by atoms with Crippen LogP contribution in [0.2, 0.25) is 0 Å². The van der Waals surface area contributed by atoms with Crippen molar-refractivity contribution in [3.8, 4) is 17.3 Å². The monoisotopic (exact) mass is 285 g/mol. The lowest BCUT2D eigenvalue weighted by Gasteiger charge is -2.08. The number of aromatic nitrogens is 2. The van der Waals surface area contributed by atoms with Crippen LogP contribution in [-0.2, 0) is 0 Å². The highest BCUT2D eigenvalue weighted by molar-refractivity contribution is 7.17. The zero-order chi connectivity index (χ0) is 14.3. The normalized spacial score (nSPS) is 10.6. The van der Waals surface area contributed by atoms with Crippen molar-refractivity contribution in [3.63, 3.8) is 0 Å². The summed E-state index contributed by atoms with van der Waals surface area (Å²) in [6.45, 7) is 0. The predicted molar refractivity (Wildman–Crippen MR) is 76.3 cm³/mol. The van der Waals surface area contributed by atoms with Crippen LogP contribution in [0.1, 0.15) is 5.56 Å². The van der Waals surface area contributed by atoms with Crippen LogP contribution in [-0.4, -0.2) is 9.97 Å². The van der Waals surface area contributed by atoms with Crippen molar-refractivity contribution in [2.24, 2.45) is 0 Å². The lowest BCUT2D eigenvalue weighted by atomic mass is 10.1. The molecular weight excluding hydrogens is 277 g/mol. The lowest BCUT2D eigenvalue weighted by Crippen LogP contribution is -2.05. The summed E-state index contributed by atoms with van der Waals surface area (Å²) >= 11 is 1.47. The first kappa shape index (κ1) is 12.3. The van der Waals surface area contributed by atoms with Gasteiger partial charge in [-0.2, -0.15) is 10.2 Å². The van der Waals surface area contributed by atoms with Gasteiger partial charge in [0, 0.05) is 10.3 Å². The van der Waals surface area contributed by atoms with Crippen LogP contribution in [0.25, 0.3) is 21.3 Å². The molecule has 0 aliphatic rings. The van der Waals surface area contributed by atoms with Gasteiger partial charge >= 0.3 is 0 Å². The van der Waals surface area contributed by atoms with Crippen LogP contribution in [0.15, 0.2) is 23.6 Å². The maximum absolute atomic E-state index is 14.2. The largest absolute Gasteiger partial charge is 0.382 e. The molecule has 0 bridgehead atoms. The van der Waals surface area contributed by atoms with Gasteiger partial charge < -0.3 is 11.5 Å². The summed E-state index contributed by atoms with van der Waals surface area (Å²) in [7, 11) is 0. The van der Waals surface area contributed by atoms with E-state index in [2.05, 4.69) is 9.97 Å². The molecule has 1 aromatic carbocycles. The topological polar surface area (TPSA) is 102 Å². The Morgan fingerprint density at radius 3 is 2.80 bits per heavy atom. The summed E-state index contributed by atoms with van der Waals surface area (Å²) in [6.07, 6.45) is 0. The number of nitrogens with zero attached hydrogens (tertiary/aromatic N) is 3. The number of nitrogens with two attached hydrogens (primary N) is 2. The number of hydrogen-bond acceptors (Lipinski definition) is 6. The second-order valence-corrected chi connectivity index (χ2v) is 5.04. The number of benzene rings is 1. The van der Waals surface area contributed by atoms with Crippen molar-refractivity contribution in [2.45, 2.75) is 0 Å². The van der Waals surface area contributed by atoms with Crippen LogP contribution < -0.4 is 11.5 Å². The predicted octanol–water partition coefficient (Wildman–Crippen LogP) is 2.53. The van der Waals surface area contributed by atoms with Crippen molar-refractivity contribution < 1.29 is 4.39 Å². The quantitative estimate of drug-likeness (QED) is 0.715. The zero-order valence-corrected chi connectivity index (χ0v) is 10.9. The molecule has 0 fully saturated rings. The Morgan fingerprint density at radius 2 is 2.05 bits per heavy atom. The van der Waals surface area contributed by atoms with Gasteiger partial charge in [0.2, 0.25) is 5.95 Å². The van der Waals surface area contributed by atoms with Gasteiger partial charge in [-0.15, -0.1) is 11.3 Å². The van der Waals surface area contributed by atoms with Gasteiger partial charge in [0.1, 0.15) is 23.3 Å². The molecule has 0 atom stereocenters. The molecule has 0 saturated heterocycles. The van der Waals surface area contributed by atoms with Crippen LogP contribution in [0.3, 0.4) is 0 Å². The molecule has 98 valence electrons. The van der Waals surface area contributed by atoms with Crippen molar-refractivity contribution in [1.29, 1.82) is 5.26 Å². The molecule has 5 nitrogen and oxygen atoms in total. The smallest absolute Gasteiger partial charge is 0.222 e. The fraction of sp³-hybridized carbons (Fsp3) is 0. The maximum atomic E-state index is 14.2. The second-order valence-electron chi connectivity index (χ2n) is 4.09. The van der Waals surface area contributed by atoms with E-state index < -0.39 is 5.82 Å². The Labute approximate surface area is 117 Å². The first-order valence-electron chi connectivity index (χ1n) is 5.60. The minimum atomic E-state index is -0.482. The lowest BCUT2D eigenvalue weighted by molar-refractivity contribution is 0.632. The maximum Gasteiger partial charge on any atom is 0.222 e. The number of anilines is 2. The third-order valence-corrected chi connectivity index (χ3v) is 3.74. The van der Waals surface area contributed by atoms with Gasteiger partial charge in [-0.25, -0.2) is 9.37 Å². The molecule has 0 spiro atoms. The molecule has 2 heterocycles. The van der Waals surface area contributed by atoms with Gasteiger partial charge in [-0.05, 0) is 29.0 Å². The van der Waals surface area contributed by atoms with E-state index in [9.17, 15) is 4.39 Å². The Kier molecular flexibility index (Phi) is 2.73. The average molecular weight is 285 g/mol. The number of nitrogen functional groups attached to an aromatic ring is 2. The Balaban J connectivity index is 2.35. The van der Waals surface area contributed by atoms with E-state index in [4.69, 9.17) is 16.7 Å². The Hall–Kier alpha value is -2.72. The van der Waals surface area contributed by atoms with E-state index in [0.717, 1.165) is 10.1 Å². The van der Waals surface area contributed by atoms with Gasteiger partial charge in [0.25, 0.3) is 0 Å². The van der Waals surface area contributed by atoms with E-state index >= 15 is 0 Å². The SMILES string of the molecule is N#Cc1c(N)nc(N)nc1-c1cc2sccc2cc1F. The zero-order valence-electron chi connectivity index (χ0n) is 10.1. The van der Waals surface area contributed by atoms with Gasteiger partial charge in [0.15, 0.2) is 0 Å². The Morgan fingerprint density at radius 1 is 1.25 bits per heavy atom. The van der Waals surface area contributed by atoms with E-state index in [-0.39, 0.29) is 28.6 Å². The van der Waals surface area contributed by atoms with Crippen LogP contribution in [0.4, 0.5) is 16.2 Å². The second kappa shape index (κ2) is 4.43. The summed E-state index contributed by atoms with van der Waals surface area (Å²) in [6, 6.07) is 6.75. The molecule has 4 N–H and O–H groups in total. The molecule has 3 aromatic rings. The number of thiophene rings is 1. The van der Waals surface area contributed by atoms with Crippen LogP contribution >= 0.6 is 11.3 Å². The highest BCUT2D eigenvalue weighted by Crippen LogP contribution is 2.32. The molecule has 0 aliphatic heterocycles. The number of halogens is 1. The van der Waals surface area contributed by atoms with Crippen molar-refractivity contribution in [3.05, 3.63) is 35.0 Å². The van der Waals surface area contributed by atoms with E-state index in [1.54, 1.807) is 6.07 Å². The van der Waals surface area contributed by atoms with Crippen molar-refractivity contribution in [2.75, 3.05) is 11.5 Å². The molecule has 0 aliphatic carbocycles. The highest BCUT2D eigenvalue weighted by atomic mass is 32.1.